The SMILES string of the molecule is Cc1ccc(S(=O)(=O)c2ccccc2)cc1S(=O)(=O)NC(C)C(O)c1ccccc1. The summed E-state index contributed by atoms with van der Waals surface area (Å²) in [5, 5.41) is 10.5. The summed E-state index contributed by atoms with van der Waals surface area (Å²) in [6.45, 7) is 3.14. The zero-order chi connectivity index (χ0) is 21.9. The van der Waals surface area contributed by atoms with Crippen LogP contribution in [0.15, 0.2) is 93.5 Å². The van der Waals surface area contributed by atoms with Gasteiger partial charge >= 0.3 is 0 Å². The second kappa shape index (κ2) is 8.69. The Bertz CT molecular complexity index is 1230. The number of rotatable bonds is 7. The number of aliphatic hydroxyl groups is 1. The van der Waals surface area contributed by atoms with Gasteiger partial charge in [-0.2, -0.15) is 0 Å². The van der Waals surface area contributed by atoms with Crippen molar-refractivity contribution in [3.05, 3.63) is 90.0 Å². The minimum Gasteiger partial charge on any atom is -0.387 e. The predicted octanol–water partition coefficient (Wildman–Crippen LogP) is 3.23. The lowest BCUT2D eigenvalue weighted by atomic mass is 10.0. The molecule has 0 bridgehead atoms. The molecule has 0 heterocycles. The largest absolute Gasteiger partial charge is 0.387 e. The maximum atomic E-state index is 13.0. The Morgan fingerprint density at radius 1 is 0.800 bits per heavy atom. The molecular weight excluding hydrogens is 422 g/mol. The van der Waals surface area contributed by atoms with Crippen molar-refractivity contribution < 1.29 is 21.9 Å². The number of sulfonamides is 1. The van der Waals surface area contributed by atoms with Gasteiger partial charge in [-0.15, -0.1) is 0 Å². The molecule has 3 rings (SSSR count). The minimum absolute atomic E-state index is 0.0815. The molecule has 0 saturated heterocycles. The smallest absolute Gasteiger partial charge is 0.241 e. The number of nitrogens with one attached hydrogen (secondary N) is 1. The normalized spacial score (nSPS) is 14.2. The summed E-state index contributed by atoms with van der Waals surface area (Å²) in [5.41, 5.74) is 0.973. The van der Waals surface area contributed by atoms with Crippen LogP contribution in [0.5, 0.6) is 0 Å². The summed E-state index contributed by atoms with van der Waals surface area (Å²) < 4.78 is 54.2. The molecule has 2 N–H and O–H groups in total. The van der Waals surface area contributed by atoms with E-state index >= 15 is 0 Å². The fraction of sp³-hybridized carbons (Fsp3) is 0.182. The van der Waals surface area contributed by atoms with Crippen molar-refractivity contribution in [3.63, 3.8) is 0 Å². The maximum Gasteiger partial charge on any atom is 0.241 e. The molecule has 158 valence electrons. The second-order valence-corrected chi connectivity index (χ2v) is 10.6. The highest BCUT2D eigenvalue weighted by atomic mass is 32.2. The molecule has 2 atom stereocenters. The summed E-state index contributed by atoms with van der Waals surface area (Å²) in [6, 6.07) is 19.7. The summed E-state index contributed by atoms with van der Waals surface area (Å²) in [7, 11) is -7.95. The van der Waals surface area contributed by atoms with Crippen LogP contribution in [0, 0.1) is 6.92 Å². The van der Waals surface area contributed by atoms with Crippen LogP contribution >= 0.6 is 0 Å². The fourth-order valence-electron chi connectivity index (χ4n) is 3.08. The van der Waals surface area contributed by atoms with E-state index in [9.17, 15) is 21.9 Å². The van der Waals surface area contributed by atoms with E-state index < -0.39 is 32.0 Å². The highest BCUT2D eigenvalue weighted by Crippen LogP contribution is 2.26. The van der Waals surface area contributed by atoms with Crippen LogP contribution in [0.2, 0.25) is 0 Å². The molecule has 0 aromatic heterocycles. The van der Waals surface area contributed by atoms with Gasteiger partial charge in [0.2, 0.25) is 19.9 Å². The van der Waals surface area contributed by atoms with E-state index in [1.54, 1.807) is 62.4 Å². The average molecular weight is 446 g/mol. The van der Waals surface area contributed by atoms with Gasteiger partial charge in [0.25, 0.3) is 0 Å². The minimum atomic E-state index is -4.08. The van der Waals surface area contributed by atoms with Crippen LogP contribution in [0.4, 0.5) is 0 Å². The molecule has 0 radical (unpaired) electrons. The quantitative estimate of drug-likeness (QED) is 0.582. The van der Waals surface area contributed by atoms with Crippen molar-refractivity contribution in [1.82, 2.24) is 4.72 Å². The summed E-state index contributed by atoms with van der Waals surface area (Å²) >= 11 is 0. The molecule has 0 aliphatic heterocycles. The monoisotopic (exact) mass is 445 g/mol. The summed E-state index contributed by atoms with van der Waals surface area (Å²) in [6.07, 6.45) is -1.06. The number of hydrogen-bond acceptors (Lipinski definition) is 5. The van der Waals surface area contributed by atoms with Crippen molar-refractivity contribution >= 4 is 19.9 Å². The number of aliphatic hydroxyl groups excluding tert-OH is 1. The lowest BCUT2D eigenvalue weighted by molar-refractivity contribution is 0.146. The average Bonchev–Trinajstić information content (AvgIpc) is 2.74. The van der Waals surface area contributed by atoms with Gasteiger partial charge in [-0.05, 0) is 49.2 Å². The van der Waals surface area contributed by atoms with Gasteiger partial charge in [-0.25, -0.2) is 21.6 Å². The van der Waals surface area contributed by atoms with E-state index in [0.29, 0.717) is 11.1 Å². The predicted molar refractivity (Wildman–Crippen MR) is 114 cm³/mol. The van der Waals surface area contributed by atoms with Crippen molar-refractivity contribution in [2.24, 2.45) is 0 Å². The lowest BCUT2D eigenvalue weighted by Gasteiger charge is -2.21. The van der Waals surface area contributed by atoms with Gasteiger partial charge < -0.3 is 5.11 Å². The van der Waals surface area contributed by atoms with Crippen LogP contribution in [-0.2, 0) is 19.9 Å². The van der Waals surface area contributed by atoms with Crippen molar-refractivity contribution in [2.45, 2.75) is 40.7 Å². The Morgan fingerprint density at radius 3 is 1.97 bits per heavy atom. The number of hydrogen-bond donors (Lipinski definition) is 2. The maximum absolute atomic E-state index is 13.0. The van der Waals surface area contributed by atoms with E-state index in [4.69, 9.17) is 0 Å². The standard InChI is InChI=1S/C22H23NO5S2/c1-16-13-14-20(29(25,26)19-11-7-4-8-12-19)15-21(16)30(27,28)23-17(2)22(24)18-9-5-3-6-10-18/h3-15,17,22-24H,1-2H3. The van der Waals surface area contributed by atoms with Gasteiger partial charge in [0.05, 0.1) is 20.8 Å². The Kier molecular flexibility index (Phi) is 6.42. The third kappa shape index (κ3) is 4.62. The molecule has 0 fully saturated rings. The van der Waals surface area contributed by atoms with Gasteiger partial charge in [0.1, 0.15) is 0 Å². The van der Waals surface area contributed by atoms with Crippen LogP contribution in [0.25, 0.3) is 0 Å². The zero-order valence-corrected chi connectivity index (χ0v) is 18.2. The topological polar surface area (TPSA) is 101 Å². The molecule has 2 unspecified atom stereocenters. The molecule has 0 aliphatic carbocycles. The molecule has 0 saturated carbocycles. The number of aryl methyl sites for hydroxylation is 1. The van der Waals surface area contributed by atoms with Crippen LogP contribution in [0.3, 0.4) is 0 Å². The van der Waals surface area contributed by atoms with Crippen LogP contribution in [-0.4, -0.2) is 28.0 Å². The van der Waals surface area contributed by atoms with Gasteiger partial charge in [0.15, 0.2) is 0 Å². The lowest BCUT2D eigenvalue weighted by Crippen LogP contribution is -2.37. The molecule has 0 spiro atoms. The Balaban J connectivity index is 1.94. The Labute approximate surface area is 177 Å². The Morgan fingerprint density at radius 2 is 1.37 bits per heavy atom. The van der Waals surface area contributed by atoms with Crippen molar-refractivity contribution in [1.29, 1.82) is 0 Å². The summed E-state index contributed by atoms with van der Waals surface area (Å²) in [5.74, 6) is 0. The second-order valence-electron chi connectivity index (χ2n) is 7.01. The van der Waals surface area contributed by atoms with Crippen LogP contribution < -0.4 is 4.72 Å². The molecule has 6 nitrogen and oxygen atoms in total. The highest BCUT2D eigenvalue weighted by Gasteiger charge is 2.27. The van der Waals surface area contributed by atoms with Crippen LogP contribution in [0.1, 0.15) is 24.2 Å². The Hall–Kier alpha value is -2.52. The third-order valence-corrected chi connectivity index (χ3v) is 8.24. The van der Waals surface area contributed by atoms with E-state index in [-0.39, 0.29) is 14.7 Å². The molecule has 30 heavy (non-hydrogen) atoms. The first-order valence-electron chi connectivity index (χ1n) is 9.29. The van der Waals surface area contributed by atoms with E-state index in [0.717, 1.165) is 6.07 Å². The van der Waals surface area contributed by atoms with Crippen molar-refractivity contribution in [3.8, 4) is 0 Å². The zero-order valence-electron chi connectivity index (χ0n) is 16.6. The first-order valence-corrected chi connectivity index (χ1v) is 12.3. The number of sulfone groups is 1. The molecule has 0 aliphatic rings. The van der Waals surface area contributed by atoms with E-state index in [2.05, 4.69) is 4.72 Å². The van der Waals surface area contributed by atoms with Gasteiger partial charge in [0, 0.05) is 6.04 Å². The van der Waals surface area contributed by atoms with Gasteiger partial charge in [-0.3, -0.25) is 0 Å². The highest BCUT2D eigenvalue weighted by molar-refractivity contribution is 7.91. The van der Waals surface area contributed by atoms with Crippen molar-refractivity contribution in [2.75, 3.05) is 0 Å². The molecule has 8 heteroatoms. The molecular formula is C22H23NO5S2. The fourth-order valence-corrected chi connectivity index (χ4v) is 5.99. The summed E-state index contributed by atoms with van der Waals surface area (Å²) in [4.78, 5) is -0.180. The number of benzene rings is 3. The molecule has 3 aromatic carbocycles. The first kappa shape index (κ1) is 22.2. The van der Waals surface area contributed by atoms with E-state index in [1.807, 2.05) is 0 Å². The molecule has 0 amide bonds. The molecule has 3 aromatic rings. The van der Waals surface area contributed by atoms with Gasteiger partial charge in [-0.1, -0.05) is 54.6 Å². The van der Waals surface area contributed by atoms with E-state index in [1.165, 1.54) is 24.3 Å². The third-order valence-electron chi connectivity index (χ3n) is 4.77. The first-order chi connectivity index (χ1) is 14.1.